The molecule has 0 N–H and O–H groups in total. The van der Waals surface area contributed by atoms with Gasteiger partial charge >= 0.3 is 0 Å². The van der Waals surface area contributed by atoms with Crippen molar-refractivity contribution in [1.29, 1.82) is 0 Å². The minimum atomic E-state index is 0.793. The molecular weight excluding hydrogens is 292 g/mol. The van der Waals surface area contributed by atoms with E-state index in [0.717, 1.165) is 33.0 Å². The topological polar surface area (TPSA) is 43.1 Å². The van der Waals surface area contributed by atoms with Crippen LogP contribution in [-0.4, -0.2) is 19.4 Å². The van der Waals surface area contributed by atoms with E-state index in [1.807, 2.05) is 24.3 Å². The van der Waals surface area contributed by atoms with Crippen molar-refractivity contribution in [3.05, 3.63) is 66.4 Å². The number of thioether (sulfide) groups is 1. The average Bonchev–Trinajstić information content (AvgIpc) is 2.95. The number of rotatable bonds is 3. The molecule has 0 aliphatic rings. The lowest BCUT2D eigenvalue weighted by molar-refractivity contribution is 1.10. The Bertz CT molecular complexity index is 956. The van der Waals surface area contributed by atoms with E-state index in [1.54, 1.807) is 18.1 Å². The number of para-hydroxylation sites is 1. The van der Waals surface area contributed by atoms with Crippen LogP contribution in [0.4, 0.5) is 0 Å². The van der Waals surface area contributed by atoms with Crippen LogP contribution in [0.5, 0.6) is 0 Å². The number of pyridine rings is 1. The maximum Gasteiger partial charge on any atom is 0.137 e. The summed E-state index contributed by atoms with van der Waals surface area (Å²) in [6.45, 7) is 2.08. The first-order valence-corrected chi connectivity index (χ1v) is 8.05. The Kier molecular flexibility index (Phi) is 3.27. The van der Waals surface area contributed by atoms with E-state index in [2.05, 4.69) is 50.8 Å². The Morgan fingerprint density at radius 1 is 1.05 bits per heavy atom. The van der Waals surface area contributed by atoms with Crippen molar-refractivity contribution in [2.45, 2.75) is 17.7 Å². The summed E-state index contributed by atoms with van der Waals surface area (Å²) in [5.41, 5.74) is 4.24. The van der Waals surface area contributed by atoms with Crippen molar-refractivity contribution in [3.8, 4) is 0 Å². The standard InChI is InChI=1S/C17H14N4S/c1-12-6-7-16-20-13(9-21(16)8-12)10-22-17-14-4-2-3-5-15(14)18-11-19-17/h2-9,11H,10H2,1H3. The highest BCUT2D eigenvalue weighted by molar-refractivity contribution is 7.98. The zero-order valence-electron chi connectivity index (χ0n) is 12.1. The van der Waals surface area contributed by atoms with Crippen LogP contribution in [0.2, 0.25) is 0 Å². The monoisotopic (exact) mass is 306 g/mol. The molecule has 1 aromatic carbocycles. The number of benzene rings is 1. The summed E-state index contributed by atoms with van der Waals surface area (Å²) in [5.74, 6) is 0.793. The fourth-order valence-electron chi connectivity index (χ4n) is 2.46. The van der Waals surface area contributed by atoms with Crippen LogP contribution in [0.25, 0.3) is 16.6 Å². The third-order valence-electron chi connectivity index (χ3n) is 3.51. The molecule has 0 radical (unpaired) electrons. The second kappa shape index (κ2) is 5.42. The van der Waals surface area contributed by atoms with Gasteiger partial charge in [0.05, 0.1) is 11.2 Å². The highest BCUT2D eigenvalue weighted by atomic mass is 32.2. The summed E-state index contributed by atoms with van der Waals surface area (Å²) in [6.07, 6.45) is 5.80. The Morgan fingerprint density at radius 3 is 2.91 bits per heavy atom. The predicted octanol–water partition coefficient (Wildman–Crippen LogP) is 3.88. The van der Waals surface area contributed by atoms with E-state index in [0.29, 0.717) is 0 Å². The molecule has 0 unspecified atom stereocenters. The first-order chi connectivity index (χ1) is 10.8. The van der Waals surface area contributed by atoms with Crippen molar-refractivity contribution in [2.24, 2.45) is 0 Å². The average molecular weight is 306 g/mol. The summed E-state index contributed by atoms with van der Waals surface area (Å²) in [7, 11) is 0. The van der Waals surface area contributed by atoms with Crippen LogP contribution in [0, 0.1) is 6.92 Å². The molecule has 0 spiro atoms. The minimum Gasteiger partial charge on any atom is -0.307 e. The highest BCUT2D eigenvalue weighted by Gasteiger charge is 2.06. The Balaban J connectivity index is 1.62. The molecule has 3 aromatic heterocycles. The molecule has 4 aromatic rings. The molecule has 4 rings (SSSR count). The van der Waals surface area contributed by atoms with Gasteiger partial charge in [-0.25, -0.2) is 15.0 Å². The largest absolute Gasteiger partial charge is 0.307 e. The lowest BCUT2D eigenvalue weighted by Crippen LogP contribution is -1.87. The smallest absolute Gasteiger partial charge is 0.137 e. The highest BCUT2D eigenvalue weighted by Crippen LogP contribution is 2.27. The number of aryl methyl sites for hydroxylation is 1. The molecule has 0 bridgehead atoms. The normalized spacial score (nSPS) is 11.3. The summed E-state index contributed by atoms with van der Waals surface area (Å²) >= 11 is 1.70. The molecule has 0 aliphatic carbocycles. The van der Waals surface area contributed by atoms with E-state index in [4.69, 9.17) is 0 Å². The van der Waals surface area contributed by atoms with Gasteiger partial charge in [0.2, 0.25) is 0 Å². The molecule has 0 fully saturated rings. The van der Waals surface area contributed by atoms with Gasteiger partial charge in [0.1, 0.15) is 17.0 Å². The molecule has 3 heterocycles. The molecule has 0 saturated heterocycles. The van der Waals surface area contributed by atoms with Gasteiger partial charge in [-0.1, -0.05) is 36.0 Å². The molecular formula is C17H14N4S. The predicted molar refractivity (Wildman–Crippen MR) is 89.0 cm³/mol. The third kappa shape index (κ3) is 2.44. The molecule has 22 heavy (non-hydrogen) atoms. The van der Waals surface area contributed by atoms with Crippen LogP contribution >= 0.6 is 11.8 Å². The quantitative estimate of drug-likeness (QED) is 0.425. The molecule has 0 atom stereocenters. The van der Waals surface area contributed by atoms with Crippen LogP contribution in [0.15, 0.2) is 60.1 Å². The van der Waals surface area contributed by atoms with E-state index in [1.165, 1.54) is 5.56 Å². The summed E-state index contributed by atoms with van der Waals surface area (Å²) in [4.78, 5) is 13.4. The van der Waals surface area contributed by atoms with Crippen molar-refractivity contribution in [1.82, 2.24) is 19.4 Å². The molecule has 5 heteroatoms. The van der Waals surface area contributed by atoms with Crippen molar-refractivity contribution < 1.29 is 0 Å². The number of imidazole rings is 1. The molecule has 4 nitrogen and oxygen atoms in total. The van der Waals surface area contributed by atoms with Gasteiger partial charge in [0.25, 0.3) is 0 Å². The van der Waals surface area contributed by atoms with Crippen LogP contribution in [0.1, 0.15) is 11.3 Å². The fraction of sp³-hybridized carbons (Fsp3) is 0.118. The fourth-order valence-corrected chi connectivity index (χ4v) is 3.34. The van der Waals surface area contributed by atoms with Gasteiger partial charge in [-0.3, -0.25) is 0 Å². The van der Waals surface area contributed by atoms with Crippen molar-refractivity contribution >= 4 is 28.3 Å². The third-order valence-corrected chi connectivity index (χ3v) is 4.55. The van der Waals surface area contributed by atoms with Gasteiger partial charge in [0, 0.05) is 23.5 Å². The van der Waals surface area contributed by atoms with Crippen LogP contribution in [0.3, 0.4) is 0 Å². The number of hydrogen-bond acceptors (Lipinski definition) is 4. The number of hydrogen-bond donors (Lipinski definition) is 0. The number of aromatic nitrogens is 4. The first kappa shape index (κ1) is 13.3. The van der Waals surface area contributed by atoms with E-state index in [9.17, 15) is 0 Å². The lowest BCUT2D eigenvalue weighted by atomic mass is 10.2. The Hall–Kier alpha value is -2.40. The zero-order valence-corrected chi connectivity index (χ0v) is 12.9. The van der Waals surface area contributed by atoms with Gasteiger partial charge in [-0.15, -0.1) is 0 Å². The Labute approximate surface area is 132 Å². The zero-order chi connectivity index (χ0) is 14.9. The SMILES string of the molecule is Cc1ccc2nc(CSc3ncnc4ccccc34)cn2c1. The Morgan fingerprint density at radius 2 is 1.95 bits per heavy atom. The van der Waals surface area contributed by atoms with Crippen molar-refractivity contribution in [3.63, 3.8) is 0 Å². The molecule has 0 aliphatic heterocycles. The van der Waals surface area contributed by atoms with Crippen LogP contribution in [-0.2, 0) is 5.75 Å². The summed E-state index contributed by atoms with van der Waals surface area (Å²) < 4.78 is 2.07. The summed E-state index contributed by atoms with van der Waals surface area (Å²) in [6, 6.07) is 12.2. The maximum atomic E-state index is 4.65. The van der Waals surface area contributed by atoms with E-state index < -0.39 is 0 Å². The number of nitrogens with zero attached hydrogens (tertiary/aromatic N) is 4. The molecule has 108 valence electrons. The van der Waals surface area contributed by atoms with Gasteiger partial charge in [-0.2, -0.15) is 0 Å². The number of fused-ring (bicyclic) bond motifs is 2. The van der Waals surface area contributed by atoms with Crippen molar-refractivity contribution in [2.75, 3.05) is 0 Å². The lowest BCUT2D eigenvalue weighted by Gasteiger charge is -2.02. The van der Waals surface area contributed by atoms with E-state index in [-0.39, 0.29) is 0 Å². The minimum absolute atomic E-state index is 0.793. The second-order valence-electron chi connectivity index (χ2n) is 5.19. The first-order valence-electron chi connectivity index (χ1n) is 7.06. The molecule has 0 saturated carbocycles. The summed E-state index contributed by atoms with van der Waals surface area (Å²) in [5, 5.41) is 2.09. The maximum absolute atomic E-state index is 4.65. The van der Waals surface area contributed by atoms with Gasteiger partial charge < -0.3 is 4.40 Å². The van der Waals surface area contributed by atoms with Gasteiger partial charge in [-0.05, 0) is 24.6 Å². The van der Waals surface area contributed by atoms with Crippen LogP contribution < -0.4 is 0 Å². The van der Waals surface area contributed by atoms with E-state index >= 15 is 0 Å². The second-order valence-corrected chi connectivity index (χ2v) is 6.15. The molecule has 0 amide bonds. The van der Waals surface area contributed by atoms with Gasteiger partial charge in [0.15, 0.2) is 0 Å².